The fourth-order valence-electron chi connectivity index (χ4n) is 6.92. The van der Waals surface area contributed by atoms with Crippen molar-refractivity contribution in [2.24, 2.45) is 53.3 Å². The molecule has 0 aliphatic heterocycles. The van der Waals surface area contributed by atoms with Crippen molar-refractivity contribution in [3.63, 3.8) is 0 Å². The molecule has 0 aromatic heterocycles. The highest BCUT2D eigenvalue weighted by molar-refractivity contribution is 5.74. The van der Waals surface area contributed by atoms with Crippen LogP contribution in [-0.2, 0) is 9.53 Å². The van der Waals surface area contributed by atoms with Crippen LogP contribution in [0.4, 0.5) is 0 Å². The van der Waals surface area contributed by atoms with Gasteiger partial charge in [0.1, 0.15) is 5.60 Å². The van der Waals surface area contributed by atoms with Crippen LogP contribution in [0.25, 0.3) is 0 Å². The summed E-state index contributed by atoms with van der Waals surface area (Å²) >= 11 is 0. The summed E-state index contributed by atoms with van der Waals surface area (Å²) in [5.74, 6) is 7.22. The van der Waals surface area contributed by atoms with Gasteiger partial charge in [0.05, 0.1) is 5.92 Å². The minimum atomic E-state index is -0.297. The van der Waals surface area contributed by atoms with E-state index in [0.29, 0.717) is 5.92 Å². The van der Waals surface area contributed by atoms with Crippen molar-refractivity contribution in [2.45, 2.75) is 65.9 Å². The quantitative estimate of drug-likeness (QED) is 0.565. The molecule has 4 fully saturated rings. The van der Waals surface area contributed by atoms with Gasteiger partial charge in [0.2, 0.25) is 0 Å². The monoisotopic (exact) mass is 304 g/mol. The molecule has 0 spiro atoms. The first-order valence-corrected chi connectivity index (χ1v) is 9.57. The Kier molecular flexibility index (Phi) is 3.24. The van der Waals surface area contributed by atoms with Crippen molar-refractivity contribution < 1.29 is 9.53 Å². The molecule has 2 nitrogen and oxygen atoms in total. The summed E-state index contributed by atoms with van der Waals surface area (Å²) in [6.45, 7) is 11.1. The Balaban J connectivity index is 1.51. The summed E-state index contributed by atoms with van der Waals surface area (Å²) in [4.78, 5) is 12.7. The predicted molar refractivity (Wildman–Crippen MR) is 87.1 cm³/mol. The van der Waals surface area contributed by atoms with Crippen molar-refractivity contribution in [2.75, 3.05) is 0 Å². The predicted octanol–water partition coefficient (Wildman–Crippen LogP) is 4.53. The Bertz CT molecular complexity index is 482. The fraction of sp³-hybridized carbons (Fsp3) is 0.950. The summed E-state index contributed by atoms with van der Waals surface area (Å²) < 4.78 is 5.86. The van der Waals surface area contributed by atoms with Gasteiger partial charge in [-0.3, -0.25) is 4.79 Å². The lowest BCUT2D eigenvalue weighted by molar-refractivity contribution is -0.165. The van der Waals surface area contributed by atoms with Gasteiger partial charge in [0.15, 0.2) is 0 Å². The summed E-state index contributed by atoms with van der Waals surface area (Å²) in [6.07, 6.45) is 4.78. The average Bonchev–Trinajstić information content (AvgIpc) is 3.18. The van der Waals surface area contributed by atoms with Crippen molar-refractivity contribution >= 4 is 5.97 Å². The first-order valence-electron chi connectivity index (χ1n) is 9.57. The summed E-state index contributed by atoms with van der Waals surface area (Å²) in [6, 6.07) is 0. The second-order valence-electron chi connectivity index (χ2n) is 9.47. The van der Waals surface area contributed by atoms with Crippen LogP contribution in [-0.4, -0.2) is 11.6 Å². The maximum absolute atomic E-state index is 12.7. The first-order chi connectivity index (χ1) is 10.3. The van der Waals surface area contributed by atoms with Crippen LogP contribution in [0.3, 0.4) is 0 Å². The van der Waals surface area contributed by atoms with Crippen molar-refractivity contribution in [3.8, 4) is 0 Å². The van der Waals surface area contributed by atoms with Crippen LogP contribution < -0.4 is 0 Å². The molecule has 0 radical (unpaired) electrons. The SMILES string of the molecule is CCC(C)(C)OC(=O)C1CC2CC1C1C3CC(C(C)C3C)C21. The smallest absolute Gasteiger partial charge is 0.309 e. The van der Waals surface area contributed by atoms with Crippen LogP contribution in [0.5, 0.6) is 0 Å². The zero-order chi connectivity index (χ0) is 15.8. The Labute approximate surface area is 135 Å². The second kappa shape index (κ2) is 4.74. The van der Waals surface area contributed by atoms with E-state index in [1.165, 1.54) is 12.8 Å². The Morgan fingerprint density at radius 3 is 2.27 bits per heavy atom. The van der Waals surface area contributed by atoms with Gasteiger partial charge in [0.25, 0.3) is 0 Å². The van der Waals surface area contributed by atoms with E-state index >= 15 is 0 Å². The van der Waals surface area contributed by atoms with Gasteiger partial charge in [0, 0.05) is 0 Å². The van der Waals surface area contributed by atoms with E-state index in [-0.39, 0.29) is 17.5 Å². The topological polar surface area (TPSA) is 26.3 Å². The highest BCUT2D eigenvalue weighted by Gasteiger charge is 2.66. The van der Waals surface area contributed by atoms with Gasteiger partial charge in [-0.05, 0) is 86.9 Å². The lowest BCUT2D eigenvalue weighted by Gasteiger charge is -2.43. The van der Waals surface area contributed by atoms with Crippen molar-refractivity contribution in [1.29, 1.82) is 0 Å². The van der Waals surface area contributed by atoms with E-state index in [0.717, 1.165) is 54.3 Å². The Morgan fingerprint density at radius 1 is 1.00 bits per heavy atom. The summed E-state index contributed by atoms with van der Waals surface area (Å²) in [5, 5.41) is 0. The number of rotatable bonds is 3. The van der Waals surface area contributed by atoms with E-state index in [4.69, 9.17) is 4.74 Å². The van der Waals surface area contributed by atoms with E-state index in [9.17, 15) is 4.79 Å². The molecule has 0 aromatic carbocycles. The zero-order valence-electron chi connectivity index (χ0n) is 14.8. The number of hydrogen-bond donors (Lipinski definition) is 0. The third-order valence-corrected chi connectivity index (χ3v) is 8.38. The van der Waals surface area contributed by atoms with E-state index in [1.54, 1.807) is 0 Å². The maximum Gasteiger partial charge on any atom is 0.309 e. The van der Waals surface area contributed by atoms with Gasteiger partial charge in [-0.1, -0.05) is 20.8 Å². The average molecular weight is 304 g/mol. The third kappa shape index (κ3) is 1.88. The number of carbonyl (C=O) groups is 1. The minimum absolute atomic E-state index is 0.112. The summed E-state index contributed by atoms with van der Waals surface area (Å²) in [7, 11) is 0. The number of fused-ring (bicyclic) bond motifs is 9. The molecule has 0 amide bonds. The van der Waals surface area contributed by atoms with Crippen LogP contribution in [0.15, 0.2) is 0 Å². The summed E-state index contributed by atoms with van der Waals surface area (Å²) in [5.41, 5.74) is -0.297. The fourth-order valence-corrected chi connectivity index (χ4v) is 6.92. The minimum Gasteiger partial charge on any atom is -0.459 e. The molecular weight excluding hydrogens is 272 g/mol. The maximum atomic E-state index is 12.7. The van der Waals surface area contributed by atoms with Gasteiger partial charge in [-0.15, -0.1) is 0 Å². The molecule has 9 atom stereocenters. The number of carbonyl (C=O) groups excluding carboxylic acids is 1. The van der Waals surface area contributed by atoms with Crippen molar-refractivity contribution in [1.82, 2.24) is 0 Å². The molecule has 4 bridgehead atoms. The molecule has 0 aromatic rings. The van der Waals surface area contributed by atoms with Gasteiger partial charge in [-0.2, -0.15) is 0 Å². The molecule has 4 aliphatic rings. The first kappa shape index (κ1) is 15.0. The van der Waals surface area contributed by atoms with E-state index in [2.05, 4.69) is 20.8 Å². The molecule has 0 saturated heterocycles. The highest BCUT2D eigenvalue weighted by Crippen LogP contribution is 2.71. The molecule has 0 heterocycles. The van der Waals surface area contributed by atoms with Crippen molar-refractivity contribution in [3.05, 3.63) is 0 Å². The zero-order valence-corrected chi connectivity index (χ0v) is 14.8. The molecule has 124 valence electrons. The highest BCUT2D eigenvalue weighted by atomic mass is 16.6. The lowest BCUT2D eigenvalue weighted by Crippen LogP contribution is -2.42. The standard InChI is InChI=1S/C20H32O2/c1-6-20(4,5)22-19(21)16-8-12-7-15(16)18-14-9-13(17(12)18)10(2)11(14)3/h10-18H,6-9H2,1-5H3. The molecule has 22 heavy (non-hydrogen) atoms. The molecule has 9 unspecified atom stereocenters. The molecule has 0 N–H and O–H groups in total. The van der Waals surface area contributed by atoms with Gasteiger partial charge < -0.3 is 4.74 Å². The third-order valence-electron chi connectivity index (χ3n) is 8.38. The molecule has 4 rings (SSSR count). The van der Waals surface area contributed by atoms with Crippen LogP contribution >= 0.6 is 0 Å². The van der Waals surface area contributed by atoms with Crippen LogP contribution in [0.2, 0.25) is 0 Å². The lowest BCUT2D eigenvalue weighted by atomic mass is 9.62. The number of hydrogen-bond acceptors (Lipinski definition) is 2. The molecular formula is C20H32O2. The second-order valence-corrected chi connectivity index (χ2v) is 9.47. The van der Waals surface area contributed by atoms with Gasteiger partial charge in [-0.25, -0.2) is 0 Å². The Morgan fingerprint density at radius 2 is 1.64 bits per heavy atom. The number of esters is 1. The van der Waals surface area contributed by atoms with Crippen LogP contribution in [0, 0.1) is 53.3 Å². The molecule has 4 saturated carbocycles. The van der Waals surface area contributed by atoms with E-state index < -0.39 is 0 Å². The molecule has 2 heteroatoms. The normalized spacial score (nSPS) is 52.1. The van der Waals surface area contributed by atoms with Crippen LogP contribution in [0.1, 0.15) is 60.3 Å². The molecule has 4 aliphatic carbocycles. The number of ether oxygens (including phenoxy) is 1. The Hall–Kier alpha value is -0.530. The van der Waals surface area contributed by atoms with Gasteiger partial charge >= 0.3 is 5.97 Å². The van der Waals surface area contributed by atoms with E-state index in [1.807, 2.05) is 13.8 Å². The largest absolute Gasteiger partial charge is 0.459 e.